The molecule has 33 heavy (non-hydrogen) atoms. The third kappa shape index (κ3) is 5.90. The molecule has 3 rings (SSSR count). The first-order chi connectivity index (χ1) is 16.0. The van der Waals surface area contributed by atoms with Gasteiger partial charge in [0.2, 0.25) is 0 Å². The Bertz CT molecular complexity index is 945. The number of carbonyl (C=O) groups excluding carboxylic acids is 2. The molecule has 1 aliphatic heterocycles. The van der Waals surface area contributed by atoms with E-state index in [-0.39, 0.29) is 16.9 Å². The van der Waals surface area contributed by atoms with Crippen LogP contribution in [0.1, 0.15) is 63.3 Å². The van der Waals surface area contributed by atoms with Gasteiger partial charge in [-0.3, -0.25) is 9.59 Å². The zero-order chi connectivity index (χ0) is 23.8. The molecule has 0 radical (unpaired) electrons. The molecule has 2 heterocycles. The summed E-state index contributed by atoms with van der Waals surface area (Å²) < 4.78 is 18.9. The van der Waals surface area contributed by atoms with E-state index < -0.39 is 23.5 Å². The van der Waals surface area contributed by atoms with E-state index in [4.69, 9.17) is 4.42 Å². The highest BCUT2D eigenvalue weighted by molar-refractivity contribution is 6.46. The highest BCUT2D eigenvalue weighted by atomic mass is 19.1. The fourth-order valence-electron chi connectivity index (χ4n) is 4.18. The summed E-state index contributed by atoms with van der Waals surface area (Å²) in [4.78, 5) is 29.8. The summed E-state index contributed by atoms with van der Waals surface area (Å²) in [5, 5.41) is 10.9. The van der Waals surface area contributed by atoms with Crippen molar-refractivity contribution in [1.29, 1.82) is 0 Å². The van der Waals surface area contributed by atoms with E-state index in [9.17, 15) is 19.1 Å². The van der Waals surface area contributed by atoms with E-state index in [1.165, 1.54) is 35.4 Å². The van der Waals surface area contributed by atoms with Crippen molar-refractivity contribution in [3.05, 3.63) is 65.4 Å². The highest BCUT2D eigenvalue weighted by Gasteiger charge is 2.47. The summed E-state index contributed by atoms with van der Waals surface area (Å²) >= 11 is 0. The minimum atomic E-state index is -0.815. The van der Waals surface area contributed by atoms with Crippen molar-refractivity contribution in [3.63, 3.8) is 0 Å². The van der Waals surface area contributed by atoms with Gasteiger partial charge < -0.3 is 19.3 Å². The molecule has 1 unspecified atom stereocenters. The predicted octanol–water partition coefficient (Wildman–Crippen LogP) is 5.13. The monoisotopic (exact) mass is 456 g/mol. The molecule has 0 bridgehead atoms. The first kappa shape index (κ1) is 24.7. The van der Waals surface area contributed by atoms with Crippen LogP contribution in [0.5, 0.6) is 0 Å². The maximum Gasteiger partial charge on any atom is 0.295 e. The number of nitrogens with zero attached hydrogens (tertiary/aromatic N) is 2. The number of benzene rings is 1. The smallest absolute Gasteiger partial charge is 0.295 e. The van der Waals surface area contributed by atoms with Gasteiger partial charge in [0, 0.05) is 12.1 Å². The largest absolute Gasteiger partial charge is 0.507 e. The Labute approximate surface area is 194 Å². The van der Waals surface area contributed by atoms with E-state index >= 15 is 0 Å². The first-order valence-electron chi connectivity index (χ1n) is 11.8. The van der Waals surface area contributed by atoms with Gasteiger partial charge in [0.05, 0.1) is 11.8 Å². The van der Waals surface area contributed by atoms with Gasteiger partial charge in [-0.25, -0.2) is 4.39 Å². The van der Waals surface area contributed by atoms with Crippen LogP contribution in [-0.4, -0.2) is 52.8 Å². The predicted molar refractivity (Wildman–Crippen MR) is 125 cm³/mol. The number of hydrogen-bond donors (Lipinski definition) is 1. The number of amides is 1. The second-order valence-corrected chi connectivity index (χ2v) is 8.42. The van der Waals surface area contributed by atoms with E-state index in [2.05, 4.69) is 18.7 Å². The van der Waals surface area contributed by atoms with Gasteiger partial charge in [-0.2, -0.15) is 0 Å². The highest BCUT2D eigenvalue weighted by Crippen LogP contribution is 2.39. The van der Waals surface area contributed by atoms with Crippen molar-refractivity contribution in [2.75, 3.05) is 26.2 Å². The summed E-state index contributed by atoms with van der Waals surface area (Å²) in [5.74, 6) is -1.79. The first-order valence-corrected chi connectivity index (χ1v) is 11.8. The van der Waals surface area contributed by atoms with E-state index in [1.807, 2.05) is 0 Å². The molecule has 1 fully saturated rings. The molecule has 0 saturated carbocycles. The maximum atomic E-state index is 13.3. The number of unbranched alkanes of at least 4 members (excludes halogenated alkanes) is 2. The molecule has 1 aromatic carbocycles. The average molecular weight is 457 g/mol. The lowest BCUT2D eigenvalue weighted by Gasteiger charge is -2.26. The van der Waals surface area contributed by atoms with Crippen LogP contribution in [0.3, 0.4) is 0 Å². The Hall–Kier alpha value is -2.93. The van der Waals surface area contributed by atoms with Crippen molar-refractivity contribution in [1.82, 2.24) is 9.80 Å². The van der Waals surface area contributed by atoms with Gasteiger partial charge in [0.1, 0.15) is 23.4 Å². The molecule has 6 nitrogen and oxygen atoms in total. The molecule has 1 aliphatic rings. The molecule has 1 amide bonds. The van der Waals surface area contributed by atoms with Gasteiger partial charge in [0.25, 0.3) is 11.7 Å². The SMILES string of the molecule is CCCCN(CCCC)CCCN1C(=O)C(=O)/C(=C(\O)c2ccc(F)cc2)C1c1ccco1. The van der Waals surface area contributed by atoms with Crippen molar-refractivity contribution < 1.29 is 23.5 Å². The average Bonchev–Trinajstić information content (AvgIpc) is 3.43. The number of hydrogen-bond acceptors (Lipinski definition) is 5. The number of halogens is 1. The van der Waals surface area contributed by atoms with Crippen LogP contribution >= 0.6 is 0 Å². The van der Waals surface area contributed by atoms with Crippen LogP contribution in [-0.2, 0) is 9.59 Å². The Balaban J connectivity index is 1.83. The van der Waals surface area contributed by atoms with Gasteiger partial charge in [-0.05, 0) is 75.3 Å². The second-order valence-electron chi connectivity index (χ2n) is 8.42. The molecule has 1 saturated heterocycles. The minimum Gasteiger partial charge on any atom is -0.507 e. The Morgan fingerprint density at radius 3 is 2.24 bits per heavy atom. The minimum absolute atomic E-state index is 0.0321. The van der Waals surface area contributed by atoms with Crippen LogP contribution in [0, 0.1) is 5.82 Å². The number of ketones is 1. The number of carbonyl (C=O) groups is 2. The molecular weight excluding hydrogens is 423 g/mol. The normalized spacial score (nSPS) is 17.9. The summed E-state index contributed by atoms with van der Waals surface area (Å²) in [6.45, 7) is 7.56. The molecule has 0 spiro atoms. The second kappa shape index (κ2) is 11.8. The molecule has 1 aromatic heterocycles. The van der Waals surface area contributed by atoms with Gasteiger partial charge in [0.15, 0.2) is 0 Å². The van der Waals surface area contributed by atoms with Gasteiger partial charge in [-0.15, -0.1) is 0 Å². The molecule has 178 valence electrons. The van der Waals surface area contributed by atoms with E-state index in [0.717, 1.165) is 45.3 Å². The lowest BCUT2D eigenvalue weighted by Crippen LogP contribution is -2.34. The third-order valence-corrected chi connectivity index (χ3v) is 6.00. The number of Topliss-reactive ketones (excluding diaryl/α,β-unsaturated/α-hetero) is 1. The molecule has 7 heteroatoms. The van der Waals surface area contributed by atoms with E-state index in [1.54, 1.807) is 12.1 Å². The lowest BCUT2D eigenvalue weighted by molar-refractivity contribution is -0.140. The molecule has 2 aromatic rings. The molecule has 1 N–H and O–H groups in total. The summed E-state index contributed by atoms with van der Waals surface area (Å²) in [6, 6.07) is 7.74. The van der Waals surface area contributed by atoms with Crippen LogP contribution < -0.4 is 0 Å². The molecule has 1 atom stereocenters. The topological polar surface area (TPSA) is 74.0 Å². The van der Waals surface area contributed by atoms with Crippen molar-refractivity contribution in [2.24, 2.45) is 0 Å². The number of rotatable bonds is 12. The summed E-state index contributed by atoms with van der Waals surface area (Å²) in [5.41, 5.74) is 0.242. The van der Waals surface area contributed by atoms with Gasteiger partial charge >= 0.3 is 0 Å². The quantitative estimate of drug-likeness (QED) is 0.272. The Morgan fingerprint density at radius 1 is 1.03 bits per heavy atom. The number of furan rings is 1. The standard InChI is InChI=1S/C26H33FN2O4/c1-3-5-14-28(15-6-4-2)16-8-17-29-23(21-9-7-18-33-21)22(25(31)26(29)32)24(30)19-10-12-20(27)13-11-19/h7,9-13,18,23,30H,3-6,8,14-17H2,1-2H3/b24-22-. The molecular formula is C26H33FN2O4. The van der Waals surface area contributed by atoms with Crippen molar-refractivity contribution >= 4 is 17.4 Å². The van der Waals surface area contributed by atoms with Crippen LogP contribution in [0.25, 0.3) is 5.76 Å². The van der Waals surface area contributed by atoms with E-state index in [0.29, 0.717) is 18.7 Å². The van der Waals surface area contributed by atoms with Crippen molar-refractivity contribution in [2.45, 2.75) is 52.0 Å². The number of likely N-dealkylation sites (tertiary alicyclic amines) is 1. The Kier molecular flexibility index (Phi) is 8.83. The molecule has 0 aliphatic carbocycles. The van der Waals surface area contributed by atoms with Crippen LogP contribution in [0.15, 0.2) is 52.7 Å². The van der Waals surface area contributed by atoms with Crippen LogP contribution in [0.4, 0.5) is 4.39 Å². The third-order valence-electron chi connectivity index (χ3n) is 6.00. The van der Waals surface area contributed by atoms with Crippen LogP contribution in [0.2, 0.25) is 0 Å². The van der Waals surface area contributed by atoms with Gasteiger partial charge in [-0.1, -0.05) is 26.7 Å². The van der Waals surface area contributed by atoms with Crippen molar-refractivity contribution in [3.8, 4) is 0 Å². The number of aliphatic hydroxyl groups is 1. The summed E-state index contributed by atoms with van der Waals surface area (Å²) in [6.07, 6.45) is 6.67. The zero-order valence-electron chi connectivity index (χ0n) is 19.4. The zero-order valence-corrected chi connectivity index (χ0v) is 19.4. The maximum absolute atomic E-state index is 13.3. The fourth-order valence-corrected chi connectivity index (χ4v) is 4.18. The number of aliphatic hydroxyl groups excluding tert-OH is 1. The Morgan fingerprint density at radius 2 is 1.67 bits per heavy atom. The lowest BCUT2D eigenvalue weighted by atomic mass is 9.99. The summed E-state index contributed by atoms with van der Waals surface area (Å²) in [7, 11) is 0. The fraction of sp³-hybridized carbons (Fsp3) is 0.462.